The van der Waals surface area contributed by atoms with E-state index < -0.39 is 34.7 Å². The number of amides is 2. The van der Waals surface area contributed by atoms with Crippen LogP contribution in [0.5, 0.6) is 0 Å². The molecule has 1 saturated heterocycles. The molecule has 2 amide bonds. The molecule has 0 unspecified atom stereocenters. The Labute approximate surface area is 226 Å². The third-order valence-corrected chi connectivity index (χ3v) is 8.13. The normalized spacial score (nSPS) is 23.2. The Morgan fingerprint density at radius 3 is 2.45 bits per heavy atom. The molecule has 2 atom stereocenters. The summed E-state index contributed by atoms with van der Waals surface area (Å²) in [4.78, 5) is 50.3. The van der Waals surface area contributed by atoms with Gasteiger partial charge in [0.25, 0.3) is 5.91 Å². The molecule has 3 aliphatic rings. The number of esters is 1. The number of carbonyl (C=O) groups excluding carboxylic acids is 4. The van der Waals surface area contributed by atoms with Crippen LogP contribution in [-0.2, 0) is 29.3 Å². The summed E-state index contributed by atoms with van der Waals surface area (Å²) in [5.74, 6) is -2.50. The summed E-state index contributed by atoms with van der Waals surface area (Å²) >= 11 is 4.75. The number of nitrogens with zero attached hydrogens (tertiary/aromatic N) is 1. The van der Waals surface area contributed by atoms with Crippen LogP contribution < -0.4 is 40.0 Å². The van der Waals surface area contributed by atoms with Gasteiger partial charge in [0.15, 0.2) is 0 Å². The zero-order valence-electron chi connectivity index (χ0n) is 18.4. The van der Waals surface area contributed by atoms with E-state index in [-0.39, 0.29) is 53.5 Å². The molecule has 33 heavy (non-hydrogen) atoms. The van der Waals surface area contributed by atoms with Crippen LogP contribution in [0.25, 0.3) is 0 Å². The third-order valence-electron chi connectivity index (χ3n) is 6.27. The molecule has 0 spiro atoms. The molecule has 1 aromatic rings. The van der Waals surface area contributed by atoms with Gasteiger partial charge in [-0.2, -0.15) is 0 Å². The Morgan fingerprint density at radius 1 is 1.24 bits per heavy atom. The summed E-state index contributed by atoms with van der Waals surface area (Å²) in [6.45, 7) is 1.01. The topological polar surface area (TPSA) is 116 Å². The maximum absolute atomic E-state index is 13.4. The summed E-state index contributed by atoms with van der Waals surface area (Å²) in [5.41, 5.74) is 0.249. The van der Waals surface area contributed by atoms with E-state index in [9.17, 15) is 24.3 Å². The van der Waals surface area contributed by atoms with Crippen molar-refractivity contribution in [2.24, 2.45) is 0 Å². The molecule has 0 radical (unpaired) electrons. The average Bonchev–Trinajstić information content (AvgIpc) is 3.26. The average molecular weight is 545 g/mol. The predicted molar refractivity (Wildman–Crippen MR) is 118 cm³/mol. The molecule has 1 saturated carbocycles. The first kappa shape index (κ1) is 26.3. The first-order chi connectivity index (χ1) is 15.2. The molecule has 2 fully saturated rings. The SMILES string of the molecule is CC(=O)OCC1=C(C(=O)[O-])N2C(=O)[C@H](NC(=O)C3(c4ccc(Br)cc4)CCCC3)[C@H]2SC1.[Na+]. The zero-order chi connectivity index (χ0) is 23.0. The van der Waals surface area contributed by atoms with Crippen molar-refractivity contribution in [3.05, 3.63) is 45.6 Å². The molecule has 0 bridgehead atoms. The minimum absolute atomic E-state index is 0. The van der Waals surface area contributed by atoms with Crippen molar-refractivity contribution in [3.8, 4) is 0 Å². The number of carboxylic acids is 1. The number of thioether (sulfide) groups is 1. The van der Waals surface area contributed by atoms with E-state index in [0.29, 0.717) is 18.4 Å². The number of halogens is 1. The summed E-state index contributed by atoms with van der Waals surface area (Å²) in [6.07, 6.45) is 3.23. The van der Waals surface area contributed by atoms with Crippen molar-refractivity contribution >= 4 is 51.4 Å². The molecular weight excluding hydrogens is 523 g/mol. The molecule has 1 N–H and O–H groups in total. The van der Waals surface area contributed by atoms with Crippen molar-refractivity contribution in [3.63, 3.8) is 0 Å². The number of fused-ring (bicyclic) bond motifs is 1. The summed E-state index contributed by atoms with van der Waals surface area (Å²) in [5, 5.41) is 14.1. The first-order valence-corrected chi connectivity index (χ1v) is 12.2. The van der Waals surface area contributed by atoms with Crippen LogP contribution in [-0.4, -0.2) is 52.4 Å². The Bertz CT molecular complexity index is 1010. The smallest absolute Gasteiger partial charge is 0.543 e. The predicted octanol–water partition coefficient (Wildman–Crippen LogP) is -1.77. The second-order valence-electron chi connectivity index (χ2n) is 8.18. The molecule has 170 valence electrons. The molecular formula is C22H22BrN2NaO6S. The minimum Gasteiger partial charge on any atom is -0.543 e. The van der Waals surface area contributed by atoms with E-state index in [1.54, 1.807) is 0 Å². The fraction of sp³-hybridized carbons (Fsp3) is 0.455. The van der Waals surface area contributed by atoms with Crippen molar-refractivity contribution in [1.82, 2.24) is 10.2 Å². The van der Waals surface area contributed by atoms with Crippen LogP contribution in [0.4, 0.5) is 0 Å². The number of ether oxygens (including phenoxy) is 1. The molecule has 0 aromatic heterocycles. The fourth-order valence-corrected chi connectivity index (χ4v) is 6.24. The third kappa shape index (κ3) is 4.91. The molecule has 2 heterocycles. The molecule has 8 nitrogen and oxygen atoms in total. The molecule has 2 aliphatic heterocycles. The number of rotatable bonds is 6. The van der Waals surface area contributed by atoms with Crippen LogP contribution >= 0.6 is 27.7 Å². The van der Waals surface area contributed by atoms with Gasteiger partial charge >= 0.3 is 35.5 Å². The number of carboxylic acid groups (broad SMARTS) is 1. The van der Waals surface area contributed by atoms with Gasteiger partial charge in [-0.1, -0.05) is 40.9 Å². The zero-order valence-corrected chi connectivity index (χ0v) is 22.8. The number of aliphatic carboxylic acids is 1. The summed E-state index contributed by atoms with van der Waals surface area (Å²) in [7, 11) is 0. The van der Waals surface area contributed by atoms with Crippen molar-refractivity contribution in [2.45, 2.75) is 49.4 Å². The molecule has 1 aromatic carbocycles. The Hall–Kier alpha value is -1.33. The monoisotopic (exact) mass is 544 g/mol. The van der Waals surface area contributed by atoms with Gasteiger partial charge in [0.2, 0.25) is 5.91 Å². The Kier molecular flexibility index (Phi) is 8.37. The van der Waals surface area contributed by atoms with Gasteiger partial charge in [-0.3, -0.25) is 19.3 Å². The van der Waals surface area contributed by atoms with Gasteiger partial charge in [-0.25, -0.2) is 0 Å². The van der Waals surface area contributed by atoms with Crippen molar-refractivity contribution in [1.29, 1.82) is 0 Å². The second-order valence-corrected chi connectivity index (χ2v) is 10.2. The first-order valence-electron chi connectivity index (χ1n) is 10.3. The van der Waals surface area contributed by atoms with Gasteiger partial charge in [-0.05, 0) is 30.5 Å². The van der Waals surface area contributed by atoms with E-state index in [1.165, 1.54) is 18.7 Å². The standard InChI is InChI=1S/C22H23BrN2O6S.Na/c1-12(26)31-10-13-11-32-19-16(18(27)25(19)17(13)20(28)29)24-21(30)22(8-2-3-9-22)14-4-6-15(23)7-5-14;/h4-7,16,19H,2-3,8-11H2,1H3,(H,24,30)(H,28,29);/q;+1/p-1/t16-,19+;/m0./s1. The Morgan fingerprint density at radius 2 is 1.88 bits per heavy atom. The van der Waals surface area contributed by atoms with E-state index in [0.717, 1.165) is 27.8 Å². The van der Waals surface area contributed by atoms with Crippen molar-refractivity contribution < 1.29 is 58.6 Å². The number of β-lactam (4-membered cyclic amide) rings is 1. The number of hydrogen-bond acceptors (Lipinski definition) is 7. The van der Waals surface area contributed by atoms with Crippen LogP contribution in [0.15, 0.2) is 40.0 Å². The maximum atomic E-state index is 13.4. The van der Waals surface area contributed by atoms with Crippen LogP contribution in [0.3, 0.4) is 0 Å². The van der Waals surface area contributed by atoms with Crippen molar-refractivity contribution in [2.75, 3.05) is 12.4 Å². The van der Waals surface area contributed by atoms with Gasteiger partial charge in [0, 0.05) is 22.7 Å². The van der Waals surface area contributed by atoms with E-state index >= 15 is 0 Å². The molecule has 11 heteroatoms. The number of benzene rings is 1. The summed E-state index contributed by atoms with van der Waals surface area (Å²) in [6, 6.07) is 6.84. The van der Waals surface area contributed by atoms with Crippen LogP contribution in [0.2, 0.25) is 0 Å². The molecule has 1 aliphatic carbocycles. The van der Waals surface area contributed by atoms with Gasteiger partial charge in [0.1, 0.15) is 18.0 Å². The maximum Gasteiger partial charge on any atom is 1.00 e. The largest absolute Gasteiger partial charge is 1.00 e. The number of carbonyl (C=O) groups is 4. The van der Waals surface area contributed by atoms with Gasteiger partial charge in [0.05, 0.1) is 17.1 Å². The molecule has 4 rings (SSSR count). The number of nitrogens with one attached hydrogen (secondary N) is 1. The van der Waals surface area contributed by atoms with Crippen LogP contribution in [0, 0.1) is 0 Å². The summed E-state index contributed by atoms with van der Waals surface area (Å²) < 4.78 is 5.84. The fourth-order valence-electron chi connectivity index (χ4n) is 4.65. The van der Waals surface area contributed by atoms with E-state index in [4.69, 9.17) is 4.74 Å². The van der Waals surface area contributed by atoms with E-state index in [2.05, 4.69) is 21.2 Å². The van der Waals surface area contributed by atoms with Crippen LogP contribution in [0.1, 0.15) is 38.2 Å². The van der Waals surface area contributed by atoms with Gasteiger partial charge < -0.3 is 20.0 Å². The quantitative estimate of drug-likeness (QED) is 0.256. The minimum atomic E-state index is -1.50. The van der Waals surface area contributed by atoms with Gasteiger partial charge in [-0.15, -0.1) is 11.8 Å². The Balaban J connectivity index is 0.00000306. The second kappa shape index (κ2) is 10.5. The number of hydrogen-bond donors (Lipinski definition) is 1. The van der Waals surface area contributed by atoms with E-state index in [1.807, 2.05) is 24.3 Å².